The molecule has 0 saturated heterocycles. The lowest BCUT2D eigenvalue weighted by Gasteiger charge is -2.21. The summed E-state index contributed by atoms with van der Waals surface area (Å²) in [7, 11) is 1.93. The molecule has 0 atom stereocenters. The van der Waals surface area contributed by atoms with E-state index in [1.165, 1.54) is 15.3 Å². The Morgan fingerprint density at radius 1 is 1.10 bits per heavy atom. The van der Waals surface area contributed by atoms with Gasteiger partial charge in [-0.25, -0.2) is 4.68 Å². The predicted octanol–water partition coefficient (Wildman–Crippen LogP) is 5.28. The minimum Gasteiger partial charge on any atom is -0.461 e. The molecule has 0 aliphatic heterocycles. The van der Waals surface area contributed by atoms with E-state index in [4.69, 9.17) is 21.7 Å². The van der Waals surface area contributed by atoms with Crippen LogP contribution in [0.3, 0.4) is 0 Å². The molecule has 0 radical (unpaired) electrons. The van der Waals surface area contributed by atoms with E-state index in [9.17, 15) is 0 Å². The van der Waals surface area contributed by atoms with Crippen molar-refractivity contribution in [2.75, 3.05) is 6.54 Å². The van der Waals surface area contributed by atoms with Gasteiger partial charge in [-0.3, -0.25) is 4.90 Å². The lowest BCUT2D eigenvalue weighted by atomic mass is 10.1. The molecule has 5 nitrogen and oxygen atoms in total. The fourth-order valence-corrected chi connectivity index (χ4v) is 4.43. The molecule has 0 saturated carbocycles. The number of hydrogen-bond donors (Lipinski definition) is 0. The molecule has 0 amide bonds. The molecule has 150 valence electrons. The summed E-state index contributed by atoms with van der Waals surface area (Å²) in [6.45, 7) is 4.58. The van der Waals surface area contributed by atoms with Crippen LogP contribution in [0.25, 0.3) is 11.6 Å². The Balaban J connectivity index is 1.56. The van der Waals surface area contributed by atoms with Crippen LogP contribution in [0.15, 0.2) is 65.3 Å². The maximum absolute atomic E-state index is 5.65. The highest BCUT2D eigenvalue weighted by molar-refractivity contribution is 7.71. The van der Waals surface area contributed by atoms with Crippen LogP contribution in [0.2, 0.25) is 0 Å². The molecule has 3 heterocycles. The van der Waals surface area contributed by atoms with Gasteiger partial charge in [-0.1, -0.05) is 30.3 Å². The van der Waals surface area contributed by atoms with Gasteiger partial charge in [0.25, 0.3) is 0 Å². The predicted molar refractivity (Wildman–Crippen MR) is 119 cm³/mol. The normalized spacial score (nSPS) is 11.4. The maximum Gasteiger partial charge on any atom is 0.199 e. The van der Waals surface area contributed by atoms with Crippen molar-refractivity contribution >= 4 is 23.6 Å². The average Bonchev–Trinajstić information content (AvgIpc) is 3.45. The van der Waals surface area contributed by atoms with E-state index in [2.05, 4.69) is 54.3 Å². The third-order valence-corrected chi connectivity index (χ3v) is 6.32. The Labute approximate surface area is 179 Å². The van der Waals surface area contributed by atoms with E-state index >= 15 is 0 Å². The van der Waals surface area contributed by atoms with E-state index in [1.54, 1.807) is 6.26 Å². The minimum atomic E-state index is 0.636. The summed E-state index contributed by atoms with van der Waals surface area (Å²) in [6.07, 6.45) is 2.64. The highest BCUT2D eigenvalue weighted by Crippen LogP contribution is 2.20. The van der Waals surface area contributed by atoms with Gasteiger partial charge in [-0.15, -0.1) is 16.4 Å². The summed E-state index contributed by atoms with van der Waals surface area (Å²) in [5.41, 5.74) is 1.33. The first-order valence-corrected chi connectivity index (χ1v) is 10.8. The van der Waals surface area contributed by atoms with E-state index in [0.29, 0.717) is 11.4 Å². The summed E-state index contributed by atoms with van der Waals surface area (Å²) in [5.74, 6) is 1.47. The van der Waals surface area contributed by atoms with Crippen molar-refractivity contribution in [2.24, 2.45) is 7.05 Å². The van der Waals surface area contributed by atoms with Crippen molar-refractivity contribution in [3.63, 3.8) is 0 Å². The summed E-state index contributed by atoms with van der Waals surface area (Å²) in [5, 5.41) is 4.74. The van der Waals surface area contributed by atoms with Crippen LogP contribution < -0.4 is 0 Å². The van der Waals surface area contributed by atoms with Gasteiger partial charge in [-0.05, 0) is 55.4 Å². The molecule has 0 aliphatic carbocycles. The van der Waals surface area contributed by atoms with Gasteiger partial charge < -0.3 is 8.98 Å². The van der Waals surface area contributed by atoms with Crippen LogP contribution in [0.5, 0.6) is 0 Å². The zero-order valence-corrected chi connectivity index (χ0v) is 18.2. The van der Waals surface area contributed by atoms with Crippen molar-refractivity contribution < 1.29 is 4.42 Å². The van der Waals surface area contributed by atoms with Gasteiger partial charge >= 0.3 is 0 Å². The molecule has 0 N–H and O–H groups in total. The van der Waals surface area contributed by atoms with E-state index in [0.717, 1.165) is 31.1 Å². The number of hydrogen-bond acceptors (Lipinski definition) is 5. The SMILES string of the molecule is Cc1ccc(CN(CCc2ccccc2)Cn2nc(-c3ccco3)n(C)c2=S)s1. The largest absolute Gasteiger partial charge is 0.461 e. The van der Waals surface area contributed by atoms with Crippen molar-refractivity contribution in [3.8, 4) is 11.6 Å². The number of thiophene rings is 1. The zero-order valence-electron chi connectivity index (χ0n) is 16.6. The Bertz CT molecular complexity index is 1110. The van der Waals surface area contributed by atoms with Crippen molar-refractivity contribution in [3.05, 3.63) is 80.9 Å². The molecule has 4 rings (SSSR count). The van der Waals surface area contributed by atoms with Gasteiger partial charge in [0.15, 0.2) is 16.4 Å². The molecular weight excluding hydrogens is 400 g/mol. The van der Waals surface area contributed by atoms with E-state index < -0.39 is 0 Å². The van der Waals surface area contributed by atoms with Crippen molar-refractivity contribution in [1.29, 1.82) is 0 Å². The number of nitrogens with zero attached hydrogens (tertiary/aromatic N) is 4. The first-order chi connectivity index (χ1) is 14.1. The summed E-state index contributed by atoms with van der Waals surface area (Å²) >= 11 is 7.49. The lowest BCUT2D eigenvalue weighted by molar-refractivity contribution is 0.200. The Morgan fingerprint density at radius 2 is 1.93 bits per heavy atom. The van der Waals surface area contributed by atoms with Crippen LogP contribution >= 0.6 is 23.6 Å². The highest BCUT2D eigenvalue weighted by atomic mass is 32.1. The topological polar surface area (TPSA) is 39.1 Å². The number of furan rings is 1. The molecule has 0 unspecified atom stereocenters. The third-order valence-electron chi connectivity index (χ3n) is 4.85. The van der Waals surface area contributed by atoms with Crippen LogP contribution in [0, 0.1) is 11.7 Å². The van der Waals surface area contributed by atoms with Gasteiger partial charge in [0.1, 0.15) is 0 Å². The van der Waals surface area contributed by atoms with Crippen molar-refractivity contribution in [1.82, 2.24) is 19.2 Å². The highest BCUT2D eigenvalue weighted by Gasteiger charge is 2.15. The Kier molecular flexibility index (Phi) is 6.08. The smallest absolute Gasteiger partial charge is 0.199 e. The Hall–Kier alpha value is -2.48. The molecule has 0 spiro atoms. The second-order valence-corrected chi connectivity index (χ2v) is 8.82. The molecule has 0 fully saturated rings. The molecule has 1 aromatic carbocycles. The number of aromatic nitrogens is 3. The summed E-state index contributed by atoms with van der Waals surface area (Å²) in [4.78, 5) is 5.08. The summed E-state index contributed by atoms with van der Waals surface area (Å²) in [6, 6.07) is 18.7. The first kappa shape index (κ1) is 19.8. The van der Waals surface area contributed by atoms with Gasteiger partial charge in [-0.2, -0.15) is 0 Å². The van der Waals surface area contributed by atoms with Gasteiger partial charge in [0.2, 0.25) is 0 Å². The molecule has 0 bridgehead atoms. The van der Waals surface area contributed by atoms with Crippen LogP contribution in [0.4, 0.5) is 0 Å². The van der Waals surface area contributed by atoms with E-state index in [-0.39, 0.29) is 0 Å². The molecule has 29 heavy (non-hydrogen) atoms. The quantitative estimate of drug-likeness (QED) is 0.361. The van der Waals surface area contributed by atoms with Crippen LogP contribution in [-0.2, 0) is 26.7 Å². The first-order valence-electron chi connectivity index (χ1n) is 9.59. The number of benzene rings is 1. The standard InChI is InChI=1S/C22H24N4OS2/c1-17-10-11-19(29-17)15-25(13-12-18-7-4-3-5-8-18)16-26-22(28)24(2)21(23-26)20-9-6-14-27-20/h3-11,14H,12-13,15-16H2,1-2H3. The summed E-state index contributed by atoms with van der Waals surface area (Å²) < 4.78 is 10.00. The monoisotopic (exact) mass is 424 g/mol. The van der Waals surface area contributed by atoms with Gasteiger partial charge in [0, 0.05) is 29.9 Å². The Morgan fingerprint density at radius 3 is 2.62 bits per heavy atom. The second kappa shape index (κ2) is 8.90. The number of aryl methyl sites for hydroxylation is 1. The molecule has 4 aromatic rings. The number of rotatable bonds is 8. The average molecular weight is 425 g/mol. The lowest BCUT2D eigenvalue weighted by Crippen LogP contribution is -2.28. The molecule has 0 aliphatic rings. The molecule has 7 heteroatoms. The molecular formula is C22H24N4OS2. The molecule has 3 aromatic heterocycles. The fraction of sp³-hybridized carbons (Fsp3) is 0.273. The second-order valence-electron chi connectivity index (χ2n) is 7.08. The fourth-order valence-electron chi connectivity index (χ4n) is 3.31. The van der Waals surface area contributed by atoms with Crippen molar-refractivity contribution in [2.45, 2.75) is 26.6 Å². The van der Waals surface area contributed by atoms with Crippen LogP contribution in [-0.4, -0.2) is 25.8 Å². The van der Waals surface area contributed by atoms with E-state index in [1.807, 2.05) is 39.8 Å². The zero-order chi connectivity index (χ0) is 20.2. The third kappa shape index (κ3) is 4.75. The minimum absolute atomic E-state index is 0.636. The maximum atomic E-state index is 5.65. The van der Waals surface area contributed by atoms with Gasteiger partial charge in [0.05, 0.1) is 12.9 Å². The van der Waals surface area contributed by atoms with Crippen LogP contribution in [0.1, 0.15) is 15.3 Å².